The number of likely N-dealkylation sites (N-methyl/N-ethyl adjacent to an activating group) is 1. The molecule has 2 aromatic rings. The first-order chi connectivity index (χ1) is 10.9. The highest BCUT2D eigenvalue weighted by atomic mass is 35.5. The Labute approximate surface area is 144 Å². The fraction of sp³-hybridized carbons (Fsp3) is 0.176. The van der Waals surface area contributed by atoms with Gasteiger partial charge in [-0.05, 0) is 41.5 Å². The second kappa shape index (κ2) is 7.47. The Morgan fingerprint density at radius 2 is 1.78 bits per heavy atom. The van der Waals surface area contributed by atoms with Crippen LogP contribution in [0.15, 0.2) is 42.5 Å². The molecule has 0 bridgehead atoms. The van der Waals surface area contributed by atoms with Gasteiger partial charge in [-0.3, -0.25) is 4.79 Å². The zero-order valence-electron chi connectivity index (χ0n) is 12.3. The van der Waals surface area contributed by atoms with E-state index in [1.54, 1.807) is 31.3 Å². The van der Waals surface area contributed by atoms with Gasteiger partial charge in [-0.2, -0.15) is 5.26 Å². The highest BCUT2D eigenvalue weighted by Crippen LogP contribution is 2.25. The maximum atomic E-state index is 12.3. The summed E-state index contributed by atoms with van der Waals surface area (Å²) >= 11 is 11.8. The Kier molecular flexibility index (Phi) is 5.62. The quantitative estimate of drug-likeness (QED) is 0.918. The van der Waals surface area contributed by atoms with Gasteiger partial charge in [0.1, 0.15) is 0 Å². The third kappa shape index (κ3) is 4.46. The van der Waals surface area contributed by atoms with Crippen molar-refractivity contribution >= 4 is 29.1 Å². The summed E-state index contributed by atoms with van der Waals surface area (Å²) in [6, 6.07) is 13.5. The van der Waals surface area contributed by atoms with Crippen molar-refractivity contribution in [3.63, 3.8) is 0 Å². The van der Waals surface area contributed by atoms with E-state index < -0.39 is 12.0 Å². The Morgan fingerprint density at radius 1 is 1.22 bits per heavy atom. The van der Waals surface area contributed by atoms with Gasteiger partial charge in [0.05, 0.1) is 11.6 Å². The SMILES string of the molecule is CN(Cc1ccc(C#N)cc1)C(=O)C(O)c1cc(Cl)cc(Cl)c1. The predicted molar refractivity (Wildman–Crippen MR) is 89.1 cm³/mol. The molecule has 1 N–H and O–H groups in total. The molecule has 0 saturated heterocycles. The van der Waals surface area contributed by atoms with Crippen LogP contribution in [0.1, 0.15) is 22.8 Å². The minimum atomic E-state index is -1.34. The number of halogens is 2. The first kappa shape index (κ1) is 17.3. The normalized spacial score (nSPS) is 11.6. The van der Waals surface area contributed by atoms with Crippen molar-refractivity contribution in [3.8, 4) is 6.07 Å². The van der Waals surface area contributed by atoms with Crippen molar-refractivity contribution in [3.05, 3.63) is 69.2 Å². The van der Waals surface area contributed by atoms with Gasteiger partial charge in [0, 0.05) is 23.6 Å². The van der Waals surface area contributed by atoms with Crippen LogP contribution >= 0.6 is 23.2 Å². The number of nitriles is 1. The third-order valence-corrected chi connectivity index (χ3v) is 3.75. The summed E-state index contributed by atoms with van der Waals surface area (Å²) in [4.78, 5) is 13.7. The molecule has 0 aromatic heterocycles. The van der Waals surface area contributed by atoms with Gasteiger partial charge in [0.2, 0.25) is 0 Å². The van der Waals surface area contributed by atoms with Crippen LogP contribution in [-0.4, -0.2) is 23.0 Å². The number of benzene rings is 2. The van der Waals surface area contributed by atoms with Crippen molar-refractivity contribution < 1.29 is 9.90 Å². The predicted octanol–water partition coefficient (Wildman–Crippen LogP) is 3.56. The van der Waals surface area contributed by atoms with Gasteiger partial charge in [-0.15, -0.1) is 0 Å². The van der Waals surface area contributed by atoms with E-state index in [-0.39, 0.29) is 0 Å². The molecule has 2 aromatic carbocycles. The molecule has 0 aliphatic heterocycles. The van der Waals surface area contributed by atoms with Gasteiger partial charge >= 0.3 is 0 Å². The number of hydrogen-bond acceptors (Lipinski definition) is 3. The van der Waals surface area contributed by atoms with E-state index >= 15 is 0 Å². The second-order valence-corrected chi connectivity index (χ2v) is 5.98. The summed E-state index contributed by atoms with van der Waals surface area (Å²) in [6.45, 7) is 0.315. The molecule has 0 radical (unpaired) electrons. The summed E-state index contributed by atoms with van der Waals surface area (Å²) < 4.78 is 0. The molecule has 0 aliphatic rings. The number of amides is 1. The van der Waals surface area contributed by atoms with Crippen molar-refractivity contribution in [2.45, 2.75) is 12.6 Å². The van der Waals surface area contributed by atoms with Crippen LogP contribution in [0.3, 0.4) is 0 Å². The topological polar surface area (TPSA) is 64.3 Å². The van der Waals surface area contributed by atoms with Crippen LogP contribution < -0.4 is 0 Å². The van der Waals surface area contributed by atoms with E-state index in [0.29, 0.717) is 27.7 Å². The molecule has 1 unspecified atom stereocenters. The van der Waals surface area contributed by atoms with E-state index in [2.05, 4.69) is 0 Å². The van der Waals surface area contributed by atoms with Crippen molar-refractivity contribution in [1.82, 2.24) is 4.90 Å². The van der Waals surface area contributed by atoms with Crippen LogP contribution in [0.25, 0.3) is 0 Å². The Balaban J connectivity index is 2.10. The lowest BCUT2D eigenvalue weighted by Gasteiger charge is -2.21. The first-order valence-corrected chi connectivity index (χ1v) is 7.54. The minimum absolute atomic E-state index is 0.315. The van der Waals surface area contributed by atoms with Crippen LogP contribution in [-0.2, 0) is 11.3 Å². The Hall–Kier alpha value is -2.06. The summed E-state index contributed by atoms with van der Waals surface area (Å²) in [6.07, 6.45) is -1.34. The average molecular weight is 349 g/mol. The van der Waals surface area contributed by atoms with Gasteiger partial charge in [0.15, 0.2) is 6.10 Å². The highest BCUT2D eigenvalue weighted by molar-refractivity contribution is 6.34. The number of rotatable bonds is 4. The maximum absolute atomic E-state index is 12.3. The maximum Gasteiger partial charge on any atom is 0.256 e. The van der Waals surface area contributed by atoms with Crippen molar-refractivity contribution in [2.75, 3.05) is 7.05 Å². The molecule has 1 amide bonds. The van der Waals surface area contributed by atoms with Crippen LogP contribution in [0, 0.1) is 11.3 Å². The van der Waals surface area contributed by atoms with Gasteiger partial charge in [-0.25, -0.2) is 0 Å². The lowest BCUT2D eigenvalue weighted by Crippen LogP contribution is -2.31. The van der Waals surface area contributed by atoms with Crippen LogP contribution in [0.4, 0.5) is 0 Å². The van der Waals surface area contributed by atoms with Crippen molar-refractivity contribution in [1.29, 1.82) is 5.26 Å². The highest BCUT2D eigenvalue weighted by Gasteiger charge is 2.22. The molecule has 6 heteroatoms. The van der Waals surface area contributed by atoms with E-state index in [4.69, 9.17) is 28.5 Å². The number of carbonyl (C=O) groups excluding carboxylic acids is 1. The van der Waals surface area contributed by atoms with Crippen LogP contribution in [0.2, 0.25) is 10.0 Å². The summed E-state index contributed by atoms with van der Waals surface area (Å²) in [5.74, 6) is -0.465. The van der Waals surface area contributed by atoms with Gasteiger partial charge in [0.25, 0.3) is 5.91 Å². The number of hydrogen-bond donors (Lipinski definition) is 1. The smallest absolute Gasteiger partial charge is 0.256 e. The number of aliphatic hydroxyl groups excluding tert-OH is 1. The van der Waals surface area contributed by atoms with Crippen LogP contribution in [0.5, 0.6) is 0 Å². The summed E-state index contributed by atoms with van der Waals surface area (Å²) in [7, 11) is 1.59. The number of carbonyl (C=O) groups is 1. The summed E-state index contributed by atoms with van der Waals surface area (Å²) in [5, 5.41) is 19.7. The van der Waals surface area contributed by atoms with Crippen molar-refractivity contribution in [2.24, 2.45) is 0 Å². The van der Waals surface area contributed by atoms with Gasteiger partial charge in [-0.1, -0.05) is 35.3 Å². The zero-order chi connectivity index (χ0) is 17.0. The molecular weight excluding hydrogens is 335 g/mol. The second-order valence-electron chi connectivity index (χ2n) is 5.11. The molecule has 0 spiro atoms. The minimum Gasteiger partial charge on any atom is -0.378 e. The fourth-order valence-corrected chi connectivity index (χ4v) is 2.66. The van der Waals surface area contributed by atoms with E-state index in [9.17, 15) is 9.90 Å². The van der Waals surface area contributed by atoms with E-state index in [0.717, 1.165) is 5.56 Å². The molecule has 23 heavy (non-hydrogen) atoms. The number of aliphatic hydroxyl groups is 1. The molecule has 0 aliphatic carbocycles. The summed E-state index contributed by atoms with van der Waals surface area (Å²) in [5.41, 5.74) is 1.76. The molecule has 2 rings (SSSR count). The fourth-order valence-electron chi connectivity index (χ4n) is 2.12. The average Bonchev–Trinajstić information content (AvgIpc) is 2.53. The molecule has 0 fully saturated rings. The monoisotopic (exact) mass is 348 g/mol. The van der Waals surface area contributed by atoms with E-state index in [1.807, 2.05) is 6.07 Å². The largest absolute Gasteiger partial charge is 0.378 e. The molecule has 118 valence electrons. The molecule has 0 saturated carbocycles. The Bertz CT molecular complexity index is 734. The lowest BCUT2D eigenvalue weighted by atomic mass is 10.1. The first-order valence-electron chi connectivity index (χ1n) is 6.79. The Morgan fingerprint density at radius 3 is 2.30 bits per heavy atom. The zero-order valence-corrected chi connectivity index (χ0v) is 13.8. The molecule has 4 nitrogen and oxygen atoms in total. The molecule has 1 atom stereocenters. The third-order valence-electron chi connectivity index (χ3n) is 3.31. The van der Waals surface area contributed by atoms with Gasteiger partial charge < -0.3 is 10.0 Å². The molecule has 0 heterocycles. The lowest BCUT2D eigenvalue weighted by molar-refractivity contribution is -0.139. The number of nitrogens with zero attached hydrogens (tertiary/aromatic N) is 2. The van der Waals surface area contributed by atoms with E-state index in [1.165, 1.54) is 23.1 Å². The molecular formula is C17H14Cl2N2O2. The standard InChI is InChI=1S/C17H14Cl2N2O2/c1-21(10-12-4-2-11(9-20)3-5-12)17(23)16(22)13-6-14(18)8-15(19)7-13/h2-8,16,22H,10H2,1H3.